The minimum Gasteiger partial charge on any atom is -0.390 e. The minimum absolute atomic E-state index is 0.0633. The second-order valence-corrected chi connectivity index (χ2v) is 7.33. The first kappa shape index (κ1) is 18.1. The Labute approximate surface area is 156 Å². The molecule has 0 bridgehead atoms. The maximum Gasteiger partial charge on any atom is 0.143 e. The lowest BCUT2D eigenvalue weighted by Gasteiger charge is -2.28. The molecular formula is C20H23N3O4. The van der Waals surface area contributed by atoms with Crippen molar-refractivity contribution in [1.82, 2.24) is 14.5 Å². The van der Waals surface area contributed by atoms with Gasteiger partial charge in [0.25, 0.3) is 0 Å². The molecule has 4 rings (SSSR count). The van der Waals surface area contributed by atoms with Gasteiger partial charge in [-0.1, -0.05) is 30.3 Å². The summed E-state index contributed by atoms with van der Waals surface area (Å²) < 4.78 is 1.76. The highest BCUT2D eigenvalue weighted by atomic mass is 16.4. The summed E-state index contributed by atoms with van der Waals surface area (Å²) in [6.45, 7) is 1.74. The normalized spacial score (nSPS) is 25.3. The van der Waals surface area contributed by atoms with Crippen LogP contribution in [0.4, 0.5) is 0 Å². The zero-order chi connectivity index (χ0) is 19.2. The molecule has 0 aliphatic heterocycles. The molecular weight excluding hydrogens is 346 g/mol. The number of hydrogen-bond donors (Lipinski definition) is 4. The van der Waals surface area contributed by atoms with Gasteiger partial charge in [-0.05, 0) is 18.6 Å². The predicted molar refractivity (Wildman–Crippen MR) is 99.1 cm³/mol. The third-order valence-electron chi connectivity index (χ3n) is 5.51. The molecule has 0 amide bonds. The number of fused-ring (bicyclic) bond motifs is 1. The molecule has 1 aliphatic rings. The Morgan fingerprint density at radius 3 is 2.56 bits per heavy atom. The van der Waals surface area contributed by atoms with Crippen LogP contribution in [0.25, 0.3) is 11.0 Å². The number of aliphatic hydroxyl groups is 4. The largest absolute Gasteiger partial charge is 0.390 e. The van der Waals surface area contributed by atoms with Gasteiger partial charge < -0.3 is 25.0 Å². The summed E-state index contributed by atoms with van der Waals surface area (Å²) >= 11 is 0. The third kappa shape index (κ3) is 3.12. The standard InChI is InChI=1S/C20H23N3O4/c1-12(17(25)18(26)20(27)10-16(20)24)23-8-7-14-15(21-11-22-19(14)23)9-13-5-3-2-4-6-13/h2-8,11-12,16-18,24-27H,9-10H2,1H3/t12-,16?,17+,18+,20?/m1/s1. The second kappa shape index (κ2) is 6.69. The first-order chi connectivity index (χ1) is 12.9. The molecule has 7 nitrogen and oxygen atoms in total. The van der Waals surface area contributed by atoms with Crippen molar-refractivity contribution in [3.05, 3.63) is 60.2 Å². The van der Waals surface area contributed by atoms with E-state index in [2.05, 4.69) is 9.97 Å². The van der Waals surface area contributed by atoms with Crippen molar-refractivity contribution in [2.24, 2.45) is 0 Å². The summed E-state index contributed by atoms with van der Waals surface area (Å²) in [6.07, 6.45) is 0.312. The summed E-state index contributed by atoms with van der Waals surface area (Å²) in [5.41, 5.74) is 1.03. The Hall–Kier alpha value is -2.32. The molecule has 142 valence electrons. The number of nitrogens with zero attached hydrogens (tertiary/aromatic N) is 3. The van der Waals surface area contributed by atoms with Crippen LogP contribution in [0.15, 0.2) is 48.9 Å². The van der Waals surface area contributed by atoms with Crippen molar-refractivity contribution in [2.45, 2.75) is 49.7 Å². The van der Waals surface area contributed by atoms with Gasteiger partial charge in [0.1, 0.15) is 29.8 Å². The van der Waals surface area contributed by atoms with E-state index in [0.717, 1.165) is 16.6 Å². The Morgan fingerprint density at radius 2 is 1.89 bits per heavy atom. The van der Waals surface area contributed by atoms with E-state index >= 15 is 0 Å². The van der Waals surface area contributed by atoms with Gasteiger partial charge in [0.2, 0.25) is 0 Å². The van der Waals surface area contributed by atoms with Gasteiger partial charge in [0.05, 0.1) is 17.8 Å². The number of aromatic nitrogens is 3. The van der Waals surface area contributed by atoms with Crippen LogP contribution >= 0.6 is 0 Å². The van der Waals surface area contributed by atoms with Gasteiger partial charge in [-0.25, -0.2) is 9.97 Å². The van der Waals surface area contributed by atoms with Gasteiger partial charge in [0, 0.05) is 24.4 Å². The molecule has 1 aliphatic carbocycles. The van der Waals surface area contributed by atoms with E-state index in [9.17, 15) is 20.4 Å². The van der Waals surface area contributed by atoms with E-state index in [1.807, 2.05) is 36.4 Å². The van der Waals surface area contributed by atoms with Crippen molar-refractivity contribution in [1.29, 1.82) is 0 Å². The number of rotatable bonds is 6. The van der Waals surface area contributed by atoms with Crippen LogP contribution in [-0.4, -0.2) is 58.9 Å². The Balaban J connectivity index is 1.62. The summed E-state index contributed by atoms with van der Waals surface area (Å²) in [5, 5.41) is 41.3. The molecule has 1 aromatic carbocycles. The molecule has 1 saturated carbocycles. The quantitative estimate of drug-likeness (QED) is 0.511. The number of hydrogen-bond acceptors (Lipinski definition) is 6. The van der Waals surface area contributed by atoms with Crippen LogP contribution in [0, 0.1) is 0 Å². The van der Waals surface area contributed by atoms with Crippen LogP contribution in [-0.2, 0) is 6.42 Å². The molecule has 0 radical (unpaired) electrons. The smallest absolute Gasteiger partial charge is 0.143 e. The van der Waals surface area contributed by atoms with Crippen molar-refractivity contribution < 1.29 is 20.4 Å². The van der Waals surface area contributed by atoms with Crippen LogP contribution < -0.4 is 0 Å². The van der Waals surface area contributed by atoms with Crippen molar-refractivity contribution >= 4 is 11.0 Å². The van der Waals surface area contributed by atoms with Gasteiger partial charge >= 0.3 is 0 Å². The summed E-state index contributed by atoms with van der Waals surface area (Å²) in [4.78, 5) is 8.75. The van der Waals surface area contributed by atoms with Crippen LogP contribution in [0.2, 0.25) is 0 Å². The molecule has 3 aromatic rings. The predicted octanol–water partition coefficient (Wildman–Crippen LogP) is 0.801. The lowest BCUT2D eigenvalue weighted by atomic mass is 10.00. The third-order valence-corrected chi connectivity index (χ3v) is 5.51. The first-order valence-corrected chi connectivity index (χ1v) is 9.02. The second-order valence-electron chi connectivity index (χ2n) is 7.33. The van der Waals surface area contributed by atoms with E-state index in [1.54, 1.807) is 17.7 Å². The summed E-state index contributed by atoms with van der Waals surface area (Å²) in [7, 11) is 0. The van der Waals surface area contributed by atoms with E-state index in [1.165, 1.54) is 6.33 Å². The number of aliphatic hydroxyl groups excluding tert-OH is 3. The minimum atomic E-state index is -1.63. The average molecular weight is 369 g/mol. The fourth-order valence-corrected chi connectivity index (χ4v) is 3.57. The van der Waals surface area contributed by atoms with Crippen molar-refractivity contribution in [3.63, 3.8) is 0 Å². The highest BCUT2D eigenvalue weighted by molar-refractivity contribution is 5.79. The number of benzene rings is 1. The molecule has 2 aromatic heterocycles. The van der Waals surface area contributed by atoms with E-state index < -0.39 is 30.0 Å². The molecule has 4 N–H and O–H groups in total. The van der Waals surface area contributed by atoms with Gasteiger partial charge in [-0.3, -0.25) is 0 Å². The maximum atomic E-state index is 10.5. The topological polar surface area (TPSA) is 112 Å². The monoisotopic (exact) mass is 369 g/mol. The maximum absolute atomic E-state index is 10.5. The fourth-order valence-electron chi connectivity index (χ4n) is 3.57. The zero-order valence-corrected chi connectivity index (χ0v) is 15.0. The summed E-state index contributed by atoms with van der Waals surface area (Å²) in [6, 6.07) is 11.4. The fraction of sp³-hybridized carbons (Fsp3) is 0.400. The molecule has 7 heteroatoms. The van der Waals surface area contributed by atoms with Crippen LogP contribution in [0.3, 0.4) is 0 Å². The van der Waals surface area contributed by atoms with Crippen LogP contribution in [0.1, 0.15) is 30.6 Å². The highest BCUT2D eigenvalue weighted by Gasteiger charge is 2.60. The lowest BCUT2D eigenvalue weighted by molar-refractivity contribution is -0.101. The first-order valence-electron chi connectivity index (χ1n) is 9.02. The SMILES string of the molecule is C[C@H]([C@H](O)[C@H](O)C1(O)CC1O)n1ccc2c(Cc3ccccc3)ncnc21. The molecule has 1 fully saturated rings. The molecule has 5 atom stereocenters. The summed E-state index contributed by atoms with van der Waals surface area (Å²) in [5.74, 6) is 0. The molecule has 27 heavy (non-hydrogen) atoms. The van der Waals surface area contributed by atoms with Gasteiger partial charge in [-0.15, -0.1) is 0 Å². The van der Waals surface area contributed by atoms with Crippen molar-refractivity contribution in [2.75, 3.05) is 0 Å². The van der Waals surface area contributed by atoms with E-state index in [-0.39, 0.29) is 6.42 Å². The highest BCUT2D eigenvalue weighted by Crippen LogP contribution is 2.41. The van der Waals surface area contributed by atoms with Crippen molar-refractivity contribution in [3.8, 4) is 0 Å². The molecule has 0 spiro atoms. The zero-order valence-electron chi connectivity index (χ0n) is 15.0. The Morgan fingerprint density at radius 1 is 1.19 bits per heavy atom. The van der Waals surface area contributed by atoms with E-state index in [0.29, 0.717) is 12.1 Å². The molecule has 0 saturated heterocycles. The Bertz CT molecular complexity index is 945. The van der Waals surface area contributed by atoms with Gasteiger partial charge in [-0.2, -0.15) is 0 Å². The molecule has 2 unspecified atom stereocenters. The lowest BCUT2D eigenvalue weighted by Crippen LogP contribution is -2.45. The van der Waals surface area contributed by atoms with Crippen LogP contribution in [0.5, 0.6) is 0 Å². The van der Waals surface area contributed by atoms with E-state index in [4.69, 9.17) is 0 Å². The van der Waals surface area contributed by atoms with Gasteiger partial charge in [0.15, 0.2) is 0 Å². The molecule has 2 heterocycles. The Kier molecular flexibility index (Phi) is 4.47. The average Bonchev–Trinajstić information content (AvgIpc) is 3.10.